The third kappa shape index (κ3) is 3.65. The Morgan fingerprint density at radius 1 is 1.33 bits per heavy atom. The summed E-state index contributed by atoms with van der Waals surface area (Å²) in [5.74, 6) is 0.784. The smallest absolute Gasteiger partial charge is 0.235 e. The van der Waals surface area contributed by atoms with Crippen LogP contribution < -0.4 is 4.74 Å². The zero-order valence-corrected chi connectivity index (χ0v) is 9.19. The monoisotopic (exact) mass is 208 g/mol. The fourth-order valence-electron chi connectivity index (χ4n) is 1.36. The van der Waals surface area contributed by atoms with Gasteiger partial charge in [-0.2, -0.15) is 0 Å². The van der Waals surface area contributed by atoms with Gasteiger partial charge in [0.25, 0.3) is 0 Å². The highest BCUT2D eigenvalue weighted by Crippen LogP contribution is 2.13. The van der Waals surface area contributed by atoms with Gasteiger partial charge in [-0.05, 0) is 6.42 Å². The number of aromatic nitrogens is 2. The minimum atomic E-state index is 0.269. The van der Waals surface area contributed by atoms with Gasteiger partial charge in [0.05, 0.1) is 7.11 Å². The van der Waals surface area contributed by atoms with Crippen molar-refractivity contribution in [2.24, 2.45) is 0 Å². The predicted molar refractivity (Wildman–Crippen MR) is 56.8 cm³/mol. The van der Waals surface area contributed by atoms with E-state index in [0.717, 1.165) is 12.1 Å². The molecule has 1 heterocycles. The molecule has 0 spiro atoms. The van der Waals surface area contributed by atoms with Crippen LogP contribution in [0.4, 0.5) is 0 Å². The topological polar surface area (TPSA) is 52.1 Å². The molecule has 4 heteroatoms. The molecule has 0 aliphatic rings. The fourth-order valence-corrected chi connectivity index (χ4v) is 1.36. The summed E-state index contributed by atoms with van der Waals surface area (Å²) in [6.07, 6.45) is 5.86. The van der Waals surface area contributed by atoms with E-state index in [4.69, 9.17) is 4.74 Å². The number of hydrogen-bond acceptors (Lipinski definition) is 4. The first-order valence-corrected chi connectivity index (χ1v) is 5.13. The van der Waals surface area contributed by atoms with Crippen LogP contribution in [0.3, 0.4) is 0 Å². The van der Waals surface area contributed by atoms with E-state index in [0.29, 0.717) is 25.1 Å². The van der Waals surface area contributed by atoms with E-state index in [1.165, 1.54) is 0 Å². The van der Waals surface area contributed by atoms with Crippen molar-refractivity contribution >= 4 is 5.78 Å². The maximum Gasteiger partial charge on any atom is 0.235 e. The lowest BCUT2D eigenvalue weighted by molar-refractivity contribution is -0.119. The molecule has 0 radical (unpaired) electrons. The first-order chi connectivity index (χ1) is 7.27. The lowest BCUT2D eigenvalue weighted by atomic mass is 10.1. The molecule has 0 N–H and O–H groups in total. The Kier molecular flexibility index (Phi) is 4.74. The molecule has 1 rings (SSSR count). The van der Waals surface area contributed by atoms with E-state index in [1.54, 1.807) is 19.5 Å². The van der Waals surface area contributed by atoms with E-state index >= 15 is 0 Å². The largest absolute Gasteiger partial charge is 0.480 e. The van der Waals surface area contributed by atoms with Crippen LogP contribution in [0.1, 0.15) is 31.9 Å². The number of rotatable bonds is 6. The molecule has 1 aromatic heterocycles. The second kappa shape index (κ2) is 6.11. The highest BCUT2D eigenvalue weighted by molar-refractivity contribution is 5.78. The summed E-state index contributed by atoms with van der Waals surface area (Å²) < 4.78 is 5.05. The van der Waals surface area contributed by atoms with E-state index in [2.05, 4.69) is 9.97 Å². The number of Topliss-reactive ketones (excluding diaryl/α,β-unsaturated/α-hetero) is 1. The van der Waals surface area contributed by atoms with Crippen molar-refractivity contribution in [2.75, 3.05) is 7.11 Å². The Balaban J connectivity index is 2.53. The van der Waals surface area contributed by atoms with Crippen molar-refractivity contribution in [2.45, 2.75) is 32.6 Å². The normalized spacial score (nSPS) is 10.0. The number of carbonyl (C=O) groups is 1. The molecule has 0 saturated heterocycles. The molecule has 0 saturated carbocycles. The molecule has 4 nitrogen and oxygen atoms in total. The zero-order valence-electron chi connectivity index (χ0n) is 9.19. The van der Waals surface area contributed by atoms with Crippen molar-refractivity contribution in [3.8, 4) is 5.88 Å². The van der Waals surface area contributed by atoms with Gasteiger partial charge in [-0.1, -0.05) is 6.92 Å². The van der Waals surface area contributed by atoms with Crippen molar-refractivity contribution < 1.29 is 9.53 Å². The molecule has 0 atom stereocenters. The van der Waals surface area contributed by atoms with Gasteiger partial charge in [-0.25, -0.2) is 4.98 Å². The molecule has 0 bridgehead atoms. The second-order valence-corrected chi connectivity index (χ2v) is 3.30. The van der Waals surface area contributed by atoms with E-state index in [9.17, 15) is 4.79 Å². The summed E-state index contributed by atoms with van der Waals surface area (Å²) in [5, 5.41) is 0. The Hall–Kier alpha value is -1.45. The minimum absolute atomic E-state index is 0.269. The summed E-state index contributed by atoms with van der Waals surface area (Å²) in [5.41, 5.74) is 0.754. The standard InChI is InChI=1S/C11H16N2O2/c1-3-4-9(14)5-6-10-11(15-2)13-8-7-12-10/h7-8H,3-6H2,1-2H3. The quantitative estimate of drug-likeness (QED) is 0.715. The van der Waals surface area contributed by atoms with E-state index in [-0.39, 0.29) is 5.78 Å². The second-order valence-electron chi connectivity index (χ2n) is 3.30. The third-order valence-corrected chi connectivity index (χ3v) is 2.10. The lowest BCUT2D eigenvalue weighted by Crippen LogP contribution is -2.03. The average molecular weight is 208 g/mol. The lowest BCUT2D eigenvalue weighted by Gasteiger charge is -2.04. The highest BCUT2D eigenvalue weighted by Gasteiger charge is 2.07. The average Bonchev–Trinajstić information content (AvgIpc) is 2.27. The van der Waals surface area contributed by atoms with Crippen LogP contribution in [-0.2, 0) is 11.2 Å². The van der Waals surface area contributed by atoms with Crippen molar-refractivity contribution in [1.29, 1.82) is 0 Å². The molecule has 0 amide bonds. The number of ketones is 1. The van der Waals surface area contributed by atoms with Crippen LogP contribution >= 0.6 is 0 Å². The molecular formula is C11H16N2O2. The van der Waals surface area contributed by atoms with Crippen LogP contribution in [0.25, 0.3) is 0 Å². The van der Waals surface area contributed by atoms with E-state index in [1.807, 2.05) is 6.92 Å². The van der Waals surface area contributed by atoms with Crippen molar-refractivity contribution in [1.82, 2.24) is 9.97 Å². The highest BCUT2D eigenvalue weighted by atomic mass is 16.5. The molecule has 0 aliphatic heterocycles. The molecule has 0 unspecified atom stereocenters. The van der Waals surface area contributed by atoms with Gasteiger partial charge in [0.1, 0.15) is 11.5 Å². The summed E-state index contributed by atoms with van der Waals surface area (Å²) in [6, 6.07) is 0. The predicted octanol–water partition coefficient (Wildman–Crippen LogP) is 1.79. The Morgan fingerprint density at radius 3 is 2.73 bits per heavy atom. The van der Waals surface area contributed by atoms with Gasteiger partial charge in [-0.15, -0.1) is 0 Å². The molecule has 0 fully saturated rings. The Bertz CT molecular complexity index is 326. The number of hydrogen-bond donors (Lipinski definition) is 0. The summed E-state index contributed by atoms with van der Waals surface area (Å²) >= 11 is 0. The number of ether oxygens (including phenoxy) is 1. The molecule has 0 aliphatic carbocycles. The van der Waals surface area contributed by atoms with Gasteiger partial charge in [0, 0.05) is 31.7 Å². The first-order valence-electron chi connectivity index (χ1n) is 5.13. The number of methoxy groups -OCH3 is 1. The summed E-state index contributed by atoms with van der Waals surface area (Å²) in [7, 11) is 1.56. The van der Waals surface area contributed by atoms with Gasteiger partial charge in [0.2, 0.25) is 5.88 Å². The molecule has 15 heavy (non-hydrogen) atoms. The van der Waals surface area contributed by atoms with Crippen LogP contribution in [-0.4, -0.2) is 22.9 Å². The van der Waals surface area contributed by atoms with Crippen LogP contribution in [0.5, 0.6) is 5.88 Å². The Morgan fingerprint density at radius 2 is 2.07 bits per heavy atom. The molecule has 82 valence electrons. The van der Waals surface area contributed by atoms with Crippen molar-refractivity contribution in [3.63, 3.8) is 0 Å². The van der Waals surface area contributed by atoms with Crippen LogP contribution in [0, 0.1) is 0 Å². The maximum atomic E-state index is 11.3. The molecular weight excluding hydrogens is 192 g/mol. The number of nitrogens with zero attached hydrogens (tertiary/aromatic N) is 2. The number of aryl methyl sites for hydroxylation is 1. The van der Waals surface area contributed by atoms with Crippen molar-refractivity contribution in [3.05, 3.63) is 18.1 Å². The van der Waals surface area contributed by atoms with Gasteiger partial charge >= 0.3 is 0 Å². The molecule has 0 aromatic carbocycles. The van der Waals surface area contributed by atoms with Gasteiger partial charge in [-0.3, -0.25) is 9.78 Å². The van der Waals surface area contributed by atoms with Crippen LogP contribution in [0.2, 0.25) is 0 Å². The minimum Gasteiger partial charge on any atom is -0.480 e. The van der Waals surface area contributed by atoms with Gasteiger partial charge < -0.3 is 4.74 Å². The van der Waals surface area contributed by atoms with Gasteiger partial charge in [0.15, 0.2) is 0 Å². The van der Waals surface area contributed by atoms with E-state index < -0.39 is 0 Å². The third-order valence-electron chi connectivity index (χ3n) is 2.10. The summed E-state index contributed by atoms with van der Waals surface area (Å²) in [4.78, 5) is 19.5. The maximum absolute atomic E-state index is 11.3. The SMILES string of the molecule is CCCC(=O)CCc1nccnc1OC. The van der Waals surface area contributed by atoms with Crippen LogP contribution in [0.15, 0.2) is 12.4 Å². The summed E-state index contributed by atoms with van der Waals surface area (Å²) in [6.45, 7) is 2.00. The molecule has 1 aromatic rings. The first kappa shape index (κ1) is 11.6. The Labute approximate surface area is 89.7 Å². The zero-order chi connectivity index (χ0) is 11.1. The number of carbonyl (C=O) groups excluding carboxylic acids is 1. The fraction of sp³-hybridized carbons (Fsp3) is 0.545.